The van der Waals surface area contributed by atoms with Crippen molar-refractivity contribution < 1.29 is 5.11 Å². The summed E-state index contributed by atoms with van der Waals surface area (Å²) in [6.45, 7) is 3.34. The minimum absolute atomic E-state index is 0.0997. The Kier molecular flexibility index (Phi) is 4.27. The van der Waals surface area contributed by atoms with Crippen LogP contribution < -0.4 is 5.32 Å². The monoisotopic (exact) mass is 287 g/mol. The average molecular weight is 287 g/mol. The largest absolute Gasteiger partial charge is 0.394 e. The quantitative estimate of drug-likeness (QED) is 0.785. The molecule has 1 atom stereocenters. The number of aryl methyl sites for hydroxylation is 1. The second-order valence-electron chi connectivity index (χ2n) is 6.24. The zero-order valence-corrected chi connectivity index (χ0v) is 12.8. The first-order valence-corrected chi connectivity index (χ1v) is 8.05. The van der Waals surface area contributed by atoms with Crippen molar-refractivity contribution >= 4 is 11.0 Å². The molecular weight excluding hydrogens is 262 g/mol. The van der Waals surface area contributed by atoms with Crippen LogP contribution in [0.5, 0.6) is 0 Å². The topological polar surface area (TPSA) is 50.1 Å². The van der Waals surface area contributed by atoms with Gasteiger partial charge in [0.1, 0.15) is 0 Å². The lowest BCUT2D eigenvalue weighted by Gasteiger charge is -2.32. The summed E-state index contributed by atoms with van der Waals surface area (Å²) >= 11 is 0. The third-order valence-electron chi connectivity index (χ3n) is 4.65. The molecule has 0 spiro atoms. The van der Waals surface area contributed by atoms with Gasteiger partial charge in [-0.25, -0.2) is 4.98 Å². The predicted molar refractivity (Wildman–Crippen MR) is 85.2 cm³/mol. The molecule has 1 unspecified atom stereocenters. The molecule has 1 fully saturated rings. The molecule has 1 aliphatic carbocycles. The van der Waals surface area contributed by atoms with E-state index >= 15 is 0 Å². The number of imidazole rings is 1. The molecule has 4 heteroatoms. The Morgan fingerprint density at radius 2 is 2.19 bits per heavy atom. The normalized spacial score (nSPS) is 18.0. The second kappa shape index (κ2) is 6.16. The fraction of sp³-hybridized carbons (Fsp3) is 0.588. The van der Waals surface area contributed by atoms with E-state index < -0.39 is 0 Å². The molecule has 0 amide bonds. The highest BCUT2D eigenvalue weighted by Gasteiger charge is 2.33. The molecule has 1 aromatic carbocycles. The van der Waals surface area contributed by atoms with Gasteiger partial charge in [0.25, 0.3) is 0 Å². The van der Waals surface area contributed by atoms with Crippen LogP contribution in [0.3, 0.4) is 0 Å². The van der Waals surface area contributed by atoms with Crippen LogP contribution in [0.25, 0.3) is 11.0 Å². The highest BCUT2D eigenvalue weighted by molar-refractivity contribution is 5.74. The molecule has 2 aromatic rings. The molecule has 3 rings (SSSR count). The zero-order valence-electron chi connectivity index (χ0n) is 12.8. The lowest BCUT2D eigenvalue weighted by atomic mass is 9.91. The van der Waals surface area contributed by atoms with E-state index in [2.05, 4.69) is 33.9 Å². The molecule has 0 saturated heterocycles. The summed E-state index contributed by atoms with van der Waals surface area (Å²) in [5.74, 6) is 0. The number of aromatic nitrogens is 2. The summed E-state index contributed by atoms with van der Waals surface area (Å²) in [6, 6.07) is 8.87. The fourth-order valence-electron chi connectivity index (χ4n) is 3.02. The molecule has 2 N–H and O–H groups in total. The van der Waals surface area contributed by atoms with Crippen LogP contribution >= 0.6 is 0 Å². The number of benzene rings is 1. The van der Waals surface area contributed by atoms with Crippen molar-refractivity contribution in [1.82, 2.24) is 14.9 Å². The van der Waals surface area contributed by atoms with Crippen molar-refractivity contribution in [2.45, 2.75) is 57.2 Å². The zero-order chi connectivity index (χ0) is 14.7. The number of hydrogen-bond donors (Lipinski definition) is 2. The number of para-hydroxylation sites is 2. The summed E-state index contributed by atoms with van der Waals surface area (Å²) in [5, 5.41) is 13.4. The van der Waals surface area contributed by atoms with Crippen LogP contribution in [0.15, 0.2) is 30.6 Å². The molecule has 4 nitrogen and oxygen atoms in total. The van der Waals surface area contributed by atoms with Gasteiger partial charge in [-0.15, -0.1) is 0 Å². The summed E-state index contributed by atoms with van der Waals surface area (Å²) in [6.07, 6.45) is 7.47. The summed E-state index contributed by atoms with van der Waals surface area (Å²) in [5.41, 5.74) is 2.15. The number of fused-ring (bicyclic) bond motifs is 1. The average Bonchev–Trinajstić information content (AvgIpc) is 3.25. The molecule has 1 heterocycles. The smallest absolute Gasteiger partial charge is 0.0958 e. The lowest BCUT2D eigenvalue weighted by Crippen LogP contribution is -2.49. The van der Waals surface area contributed by atoms with Crippen LogP contribution in [0.2, 0.25) is 0 Å². The van der Waals surface area contributed by atoms with Gasteiger partial charge in [0, 0.05) is 18.1 Å². The van der Waals surface area contributed by atoms with Crippen molar-refractivity contribution in [2.24, 2.45) is 0 Å². The molecular formula is C17H25N3O. The first-order chi connectivity index (χ1) is 10.3. The highest BCUT2D eigenvalue weighted by atomic mass is 16.3. The van der Waals surface area contributed by atoms with E-state index in [9.17, 15) is 5.11 Å². The summed E-state index contributed by atoms with van der Waals surface area (Å²) in [7, 11) is 0. The lowest BCUT2D eigenvalue weighted by molar-refractivity contribution is 0.141. The molecule has 1 aliphatic rings. The number of aliphatic hydroxyl groups is 1. The number of nitrogens with zero attached hydrogens (tertiary/aromatic N) is 2. The molecule has 21 heavy (non-hydrogen) atoms. The van der Waals surface area contributed by atoms with Crippen molar-refractivity contribution in [3.05, 3.63) is 30.6 Å². The number of aliphatic hydroxyl groups excluding tert-OH is 1. The van der Waals surface area contributed by atoms with E-state index in [1.165, 1.54) is 18.4 Å². The predicted octanol–water partition coefficient (Wildman–Crippen LogP) is 2.71. The minimum Gasteiger partial charge on any atom is -0.394 e. The summed E-state index contributed by atoms with van der Waals surface area (Å²) < 4.78 is 2.21. The molecule has 1 saturated carbocycles. The van der Waals surface area contributed by atoms with Gasteiger partial charge >= 0.3 is 0 Å². The molecule has 1 aromatic heterocycles. The van der Waals surface area contributed by atoms with Crippen LogP contribution in [-0.4, -0.2) is 32.8 Å². The first kappa shape index (κ1) is 14.5. The van der Waals surface area contributed by atoms with E-state index in [4.69, 9.17) is 0 Å². The first-order valence-electron chi connectivity index (χ1n) is 8.05. The van der Waals surface area contributed by atoms with E-state index in [-0.39, 0.29) is 12.1 Å². The van der Waals surface area contributed by atoms with Crippen LogP contribution in [0, 0.1) is 0 Å². The van der Waals surface area contributed by atoms with Gasteiger partial charge in [-0.1, -0.05) is 19.1 Å². The fourth-order valence-corrected chi connectivity index (χ4v) is 3.02. The Morgan fingerprint density at radius 3 is 2.90 bits per heavy atom. The van der Waals surface area contributed by atoms with Gasteiger partial charge in [-0.2, -0.15) is 0 Å². The Morgan fingerprint density at radius 1 is 1.38 bits per heavy atom. The van der Waals surface area contributed by atoms with Gasteiger partial charge in [0.05, 0.1) is 24.0 Å². The van der Waals surface area contributed by atoms with Gasteiger partial charge < -0.3 is 15.0 Å². The highest BCUT2D eigenvalue weighted by Crippen LogP contribution is 2.27. The molecule has 0 bridgehead atoms. The molecule has 0 radical (unpaired) electrons. The van der Waals surface area contributed by atoms with E-state index in [1.54, 1.807) is 0 Å². The summed E-state index contributed by atoms with van der Waals surface area (Å²) in [4.78, 5) is 4.43. The van der Waals surface area contributed by atoms with Gasteiger partial charge in [-0.3, -0.25) is 0 Å². The van der Waals surface area contributed by atoms with Gasteiger partial charge in [0.15, 0.2) is 0 Å². The Labute approximate surface area is 126 Å². The van der Waals surface area contributed by atoms with Crippen molar-refractivity contribution in [1.29, 1.82) is 0 Å². The van der Waals surface area contributed by atoms with Crippen molar-refractivity contribution in [3.8, 4) is 0 Å². The van der Waals surface area contributed by atoms with Crippen LogP contribution in [0.4, 0.5) is 0 Å². The minimum atomic E-state index is -0.0997. The standard InChI is InChI=1S/C17H25N3O/c1-2-17(12-21,19-14-8-9-14)10-5-11-20-13-18-15-6-3-4-7-16(15)20/h3-4,6-7,13-14,19,21H,2,5,8-12H2,1H3. The van der Waals surface area contributed by atoms with Gasteiger partial charge in [0.2, 0.25) is 0 Å². The Hall–Kier alpha value is -1.39. The maximum atomic E-state index is 9.80. The SMILES string of the molecule is CCC(CO)(CCCn1cnc2ccccc21)NC1CC1. The maximum absolute atomic E-state index is 9.80. The third-order valence-corrected chi connectivity index (χ3v) is 4.65. The number of rotatable bonds is 8. The van der Waals surface area contributed by atoms with E-state index in [0.717, 1.165) is 31.3 Å². The second-order valence-corrected chi connectivity index (χ2v) is 6.24. The van der Waals surface area contributed by atoms with Crippen LogP contribution in [0.1, 0.15) is 39.0 Å². The maximum Gasteiger partial charge on any atom is 0.0958 e. The van der Waals surface area contributed by atoms with Crippen molar-refractivity contribution in [3.63, 3.8) is 0 Å². The number of hydrogen-bond acceptors (Lipinski definition) is 3. The van der Waals surface area contributed by atoms with Gasteiger partial charge in [-0.05, 0) is 44.2 Å². The van der Waals surface area contributed by atoms with E-state index in [0.29, 0.717) is 6.04 Å². The third kappa shape index (κ3) is 3.27. The van der Waals surface area contributed by atoms with E-state index in [1.807, 2.05) is 18.5 Å². The van der Waals surface area contributed by atoms with Crippen molar-refractivity contribution in [2.75, 3.05) is 6.61 Å². The Balaban J connectivity index is 1.61. The van der Waals surface area contributed by atoms with Crippen LogP contribution in [-0.2, 0) is 6.54 Å². The molecule has 114 valence electrons. The Bertz CT molecular complexity index is 584. The number of nitrogens with one attached hydrogen (secondary N) is 1. The molecule has 0 aliphatic heterocycles.